The van der Waals surface area contributed by atoms with E-state index >= 15 is 0 Å². The summed E-state index contributed by atoms with van der Waals surface area (Å²) < 4.78 is 0. The van der Waals surface area contributed by atoms with Crippen molar-refractivity contribution in [3.8, 4) is 0 Å². The maximum absolute atomic E-state index is 5.63. The summed E-state index contributed by atoms with van der Waals surface area (Å²) in [6.45, 7) is 2.23. The van der Waals surface area contributed by atoms with Gasteiger partial charge in [-0.1, -0.05) is 54.7 Å². The summed E-state index contributed by atoms with van der Waals surface area (Å²) in [6.07, 6.45) is 2.54. The Morgan fingerprint density at radius 2 is 1.65 bits per heavy atom. The third kappa shape index (κ3) is 1.93. The topological polar surface area (TPSA) is 3.24 Å². The van der Waals surface area contributed by atoms with Gasteiger partial charge in [0.1, 0.15) is 4.99 Å². The van der Waals surface area contributed by atoms with Gasteiger partial charge in [0.2, 0.25) is 0 Å². The summed E-state index contributed by atoms with van der Waals surface area (Å²) in [5.41, 5.74) is 1.21. The van der Waals surface area contributed by atoms with Crippen LogP contribution in [-0.2, 0) is 0 Å². The summed E-state index contributed by atoms with van der Waals surface area (Å²) >= 11 is 5.63. The Bertz CT molecular complexity index is 550. The van der Waals surface area contributed by atoms with Crippen molar-refractivity contribution in [1.29, 1.82) is 0 Å². The van der Waals surface area contributed by atoms with E-state index in [1.807, 2.05) is 0 Å². The number of fused-ring (bicyclic) bond motifs is 1. The largest absolute Gasteiger partial charge is 0.362 e. The molecular weight excluding hydrogens is 226 g/mol. The first-order valence-corrected chi connectivity index (χ1v) is 6.54. The van der Waals surface area contributed by atoms with Crippen molar-refractivity contribution in [2.75, 3.05) is 13.1 Å². The molecule has 2 aromatic carbocycles. The highest BCUT2D eigenvalue weighted by Gasteiger charge is 2.17. The van der Waals surface area contributed by atoms with E-state index in [1.54, 1.807) is 0 Å². The van der Waals surface area contributed by atoms with Crippen LogP contribution in [0.15, 0.2) is 42.5 Å². The van der Waals surface area contributed by atoms with Crippen molar-refractivity contribution in [2.45, 2.75) is 12.8 Å². The molecule has 1 heterocycles. The van der Waals surface area contributed by atoms with Gasteiger partial charge in [-0.3, -0.25) is 0 Å². The van der Waals surface area contributed by atoms with E-state index in [0.717, 1.165) is 18.1 Å². The minimum Gasteiger partial charge on any atom is -0.362 e. The number of benzene rings is 2. The Morgan fingerprint density at radius 3 is 2.47 bits per heavy atom. The second kappa shape index (κ2) is 4.46. The smallest absolute Gasteiger partial charge is 0.109 e. The van der Waals surface area contributed by atoms with Crippen molar-refractivity contribution in [1.82, 2.24) is 4.90 Å². The van der Waals surface area contributed by atoms with Crippen LogP contribution in [0.3, 0.4) is 0 Å². The van der Waals surface area contributed by atoms with Gasteiger partial charge < -0.3 is 4.90 Å². The Hall–Kier alpha value is -1.41. The lowest BCUT2D eigenvalue weighted by Gasteiger charge is -2.19. The standard InChI is InChI=1S/C15H15NS/c17-15(16-10-3-4-11-16)14-9-5-7-12-6-1-2-8-13(12)14/h1-2,5-9H,3-4,10-11H2. The average molecular weight is 241 g/mol. The van der Waals surface area contributed by atoms with Gasteiger partial charge in [0.15, 0.2) is 0 Å². The second-order valence-electron chi connectivity index (χ2n) is 4.53. The average Bonchev–Trinajstić information content (AvgIpc) is 2.91. The molecule has 2 aromatic rings. The zero-order valence-corrected chi connectivity index (χ0v) is 10.5. The molecule has 0 unspecified atom stereocenters. The number of thiocarbonyl (C=S) groups is 1. The Morgan fingerprint density at radius 1 is 0.941 bits per heavy atom. The van der Waals surface area contributed by atoms with Crippen LogP contribution < -0.4 is 0 Å². The second-order valence-corrected chi connectivity index (χ2v) is 4.91. The van der Waals surface area contributed by atoms with Gasteiger partial charge in [-0.05, 0) is 23.6 Å². The Labute approximate surface area is 107 Å². The molecule has 86 valence electrons. The van der Waals surface area contributed by atoms with Crippen LogP contribution in [0.1, 0.15) is 18.4 Å². The predicted octanol–water partition coefficient (Wildman–Crippen LogP) is 3.61. The highest BCUT2D eigenvalue weighted by atomic mass is 32.1. The molecule has 0 spiro atoms. The van der Waals surface area contributed by atoms with E-state index in [9.17, 15) is 0 Å². The van der Waals surface area contributed by atoms with Gasteiger partial charge >= 0.3 is 0 Å². The normalized spacial score (nSPS) is 15.4. The van der Waals surface area contributed by atoms with Crippen LogP contribution >= 0.6 is 12.2 Å². The fourth-order valence-corrected chi connectivity index (χ4v) is 2.86. The fourth-order valence-electron chi connectivity index (χ4n) is 2.50. The molecule has 0 bridgehead atoms. The number of hydrogen-bond acceptors (Lipinski definition) is 1. The van der Waals surface area contributed by atoms with E-state index in [2.05, 4.69) is 47.4 Å². The zero-order valence-electron chi connectivity index (χ0n) is 9.73. The zero-order chi connectivity index (χ0) is 11.7. The summed E-state index contributed by atoms with van der Waals surface area (Å²) in [5, 5.41) is 2.54. The molecular formula is C15H15NS. The van der Waals surface area contributed by atoms with Crippen LogP contribution in [0.2, 0.25) is 0 Å². The highest BCUT2D eigenvalue weighted by Crippen LogP contribution is 2.22. The van der Waals surface area contributed by atoms with E-state index in [-0.39, 0.29) is 0 Å². The molecule has 0 N–H and O–H groups in total. The molecule has 1 nitrogen and oxygen atoms in total. The summed E-state index contributed by atoms with van der Waals surface area (Å²) in [6, 6.07) is 14.8. The van der Waals surface area contributed by atoms with E-state index in [0.29, 0.717) is 0 Å². The first kappa shape index (κ1) is 10.7. The summed E-state index contributed by atoms with van der Waals surface area (Å²) in [4.78, 5) is 3.34. The first-order chi connectivity index (χ1) is 8.36. The van der Waals surface area contributed by atoms with Gasteiger partial charge in [0.05, 0.1) is 0 Å². The van der Waals surface area contributed by atoms with Crippen LogP contribution in [0.5, 0.6) is 0 Å². The highest BCUT2D eigenvalue weighted by molar-refractivity contribution is 7.80. The third-order valence-electron chi connectivity index (χ3n) is 3.41. The monoisotopic (exact) mass is 241 g/mol. The maximum atomic E-state index is 5.63. The number of likely N-dealkylation sites (tertiary alicyclic amines) is 1. The maximum Gasteiger partial charge on any atom is 0.109 e. The molecule has 0 aromatic heterocycles. The molecule has 2 heteroatoms. The number of rotatable bonds is 1. The Balaban J connectivity index is 2.07. The molecule has 3 rings (SSSR count). The van der Waals surface area contributed by atoms with Gasteiger partial charge in [0.25, 0.3) is 0 Å². The third-order valence-corrected chi connectivity index (χ3v) is 3.89. The van der Waals surface area contributed by atoms with Crippen molar-refractivity contribution < 1.29 is 0 Å². The minimum atomic E-state index is 1.01. The van der Waals surface area contributed by atoms with Crippen LogP contribution in [0, 0.1) is 0 Å². The quantitative estimate of drug-likeness (QED) is 0.702. The molecule has 1 fully saturated rings. The molecule has 0 saturated carbocycles. The predicted molar refractivity (Wildman–Crippen MR) is 76.5 cm³/mol. The minimum absolute atomic E-state index is 1.01. The lowest BCUT2D eigenvalue weighted by Crippen LogP contribution is -2.26. The lowest BCUT2D eigenvalue weighted by molar-refractivity contribution is 0.530. The molecule has 0 atom stereocenters. The molecule has 1 aliphatic heterocycles. The van der Waals surface area contributed by atoms with Crippen LogP contribution in [-0.4, -0.2) is 23.0 Å². The molecule has 1 aliphatic rings. The van der Waals surface area contributed by atoms with Crippen molar-refractivity contribution in [3.63, 3.8) is 0 Å². The summed E-state index contributed by atoms with van der Waals surface area (Å²) in [7, 11) is 0. The molecule has 17 heavy (non-hydrogen) atoms. The SMILES string of the molecule is S=C(c1cccc2ccccc12)N1CCCC1. The van der Waals surface area contributed by atoms with Crippen LogP contribution in [0.25, 0.3) is 10.8 Å². The molecule has 1 saturated heterocycles. The first-order valence-electron chi connectivity index (χ1n) is 6.13. The van der Waals surface area contributed by atoms with Crippen molar-refractivity contribution in [2.24, 2.45) is 0 Å². The Kier molecular flexibility index (Phi) is 2.81. The molecule has 0 aliphatic carbocycles. The number of nitrogens with zero attached hydrogens (tertiary/aromatic N) is 1. The van der Waals surface area contributed by atoms with Gasteiger partial charge in [-0.2, -0.15) is 0 Å². The van der Waals surface area contributed by atoms with Crippen molar-refractivity contribution in [3.05, 3.63) is 48.0 Å². The van der Waals surface area contributed by atoms with Crippen molar-refractivity contribution >= 4 is 28.0 Å². The van der Waals surface area contributed by atoms with Gasteiger partial charge in [0, 0.05) is 18.7 Å². The van der Waals surface area contributed by atoms with Crippen LogP contribution in [0.4, 0.5) is 0 Å². The van der Waals surface area contributed by atoms with E-state index < -0.39 is 0 Å². The van der Waals surface area contributed by atoms with E-state index in [1.165, 1.54) is 29.2 Å². The molecule has 0 radical (unpaired) electrons. The van der Waals surface area contributed by atoms with Gasteiger partial charge in [-0.25, -0.2) is 0 Å². The fraction of sp³-hybridized carbons (Fsp3) is 0.267. The van der Waals surface area contributed by atoms with E-state index in [4.69, 9.17) is 12.2 Å². The summed E-state index contributed by atoms with van der Waals surface area (Å²) in [5.74, 6) is 0. The lowest BCUT2D eigenvalue weighted by atomic mass is 10.0. The van der Waals surface area contributed by atoms with Gasteiger partial charge in [-0.15, -0.1) is 0 Å². The molecule has 0 amide bonds. The number of hydrogen-bond donors (Lipinski definition) is 0.